The third kappa shape index (κ3) is 4.05. The molecular weight excluding hydrogens is 345 g/mol. The fourth-order valence-electron chi connectivity index (χ4n) is 1.78. The smallest absolute Gasteiger partial charge is 0.252 e. The number of rotatable bonds is 4. The fourth-order valence-corrected chi connectivity index (χ4v) is 2.53. The first-order valence-electron chi connectivity index (χ1n) is 6.04. The summed E-state index contributed by atoms with van der Waals surface area (Å²) in [6.45, 7) is 0.489. The summed E-state index contributed by atoms with van der Waals surface area (Å²) in [6, 6.07) is 11.5. The molecule has 0 aliphatic rings. The molecular formula is C15H12BrClFNO. The lowest BCUT2D eigenvalue weighted by atomic mass is 10.1. The summed E-state index contributed by atoms with van der Waals surface area (Å²) in [7, 11) is 0. The molecule has 0 unspecified atom stereocenters. The van der Waals surface area contributed by atoms with E-state index in [1.54, 1.807) is 6.07 Å². The summed E-state index contributed by atoms with van der Waals surface area (Å²) < 4.78 is 13.4. The fraction of sp³-hybridized carbons (Fsp3) is 0.133. The molecule has 0 aliphatic heterocycles. The molecule has 0 atom stereocenters. The molecule has 2 nitrogen and oxygen atoms in total. The van der Waals surface area contributed by atoms with Crippen molar-refractivity contribution in [2.45, 2.75) is 6.42 Å². The van der Waals surface area contributed by atoms with Gasteiger partial charge in [0.2, 0.25) is 0 Å². The lowest BCUT2D eigenvalue weighted by Gasteiger charge is -2.07. The number of hydrogen-bond donors (Lipinski definition) is 1. The van der Waals surface area contributed by atoms with E-state index in [-0.39, 0.29) is 11.7 Å². The van der Waals surface area contributed by atoms with E-state index >= 15 is 0 Å². The third-order valence-corrected chi connectivity index (χ3v) is 3.66. The molecule has 0 bridgehead atoms. The molecule has 0 heterocycles. The van der Waals surface area contributed by atoms with Crippen molar-refractivity contribution in [2.24, 2.45) is 0 Å². The highest BCUT2D eigenvalue weighted by Crippen LogP contribution is 2.18. The molecule has 1 N–H and O–H groups in total. The molecule has 0 fully saturated rings. The van der Waals surface area contributed by atoms with E-state index in [4.69, 9.17) is 11.6 Å². The predicted molar refractivity (Wildman–Crippen MR) is 81.6 cm³/mol. The monoisotopic (exact) mass is 355 g/mol. The number of halogens is 3. The van der Waals surface area contributed by atoms with Gasteiger partial charge in [-0.3, -0.25) is 4.79 Å². The van der Waals surface area contributed by atoms with Crippen molar-refractivity contribution in [2.75, 3.05) is 6.54 Å². The second-order valence-electron chi connectivity index (χ2n) is 4.26. The summed E-state index contributed by atoms with van der Waals surface area (Å²) in [5.74, 6) is -0.619. The van der Waals surface area contributed by atoms with Crippen LogP contribution in [0.15, 0.2) is 46.9 Å². The van der Waals surface area contributed by atoms with Crippen LogP contribution in [0.5, 0.6) is 0 Å². The first kappa shape index (κ1) is 15.0. The molecule has 1 amide bonds. The van der Waals surface area contributed by atoms with E-state index in [2.05, 4.69) is 21.2 Å². The Labute approximate surface area is 130 Å². The lowest BCUT2D eigenvalue weighted by Crippen LogP contribution is -2.26. The zero-order valence-electron chi connectivity index (χ0n) is 10.5. The average molecular weight is 357 g/mol. The normalized spacial score (nSPS) is 10.3. The van der Waals surface area contributed by atoms with Crippen LogP contribution in [0.3, 0.4) is 0 Å². The Morgan fingerprint density at radius 1 is 1.25 bits per heavy atom. The Morgan fingerprint density at radius 3 is 2.75 bits per heavy atom. The zero-order valence-corrected chi connectivity index (χ0v) is 12.8. The van der Waals surface area contributed by atoms with Crippen LogP contribution < -0.4 is 5.32 Å². The van der Waals surface area contributed by atoms with Crippen molar-refractivity contribution >= 4 is 33.4 Å². The second-order valence-corrected chi connectivity index (χ2v) is 5.55. The topological polar surface area (TPSA) is 29.1 Å². The molecule has 0 spiro atoms. The molecule has 5 heteroatoms. The van der Waals surface area contributed by atoms with Gasteiger partial charge in [-0.25, -0.2) is 4.39 Å². The van der Waals surface area contributed by atoms with Crippen LogP contribution in [0.2, 0.25) is 5.02 Å². The van der Waals surface area contributed by atoms with Gasteiger partial charge in [0.25, 0.3) is 5.91 Å². The van der Waals surface area contributed by atoms with Crippen LogP contribution in [-0.4, -0.2) is 12.5 Å². The van der Waals surface area contributed by atoms with Gasteiger partial charge in [-0.1, -0.05) is 23.7 Å². The van der Waals surface area contributed by atoms with Crippen molar-refractivity contribution in [3.8, 4) is 0 Å². The summed E-state index contributed by atoms with van der Waals surface area (Å²) in [5, 5.41) is 3.47. The summed E-state index contributed by atoms with van der Waals surface area (Å²) >= 11 is 9.06. The Bertz CT molecular complexity index is 633. The molecule has 0 aromatic heterocycles. The van der Waals surface area contributed by atoms with Gasteiger partial charge in [-0.2, -0.15) is 0 Å². The van der Waals surface area contributed by atoms with E-state index < -0.39 is 0 Å². The number of hydrogen-bond acceptors (Lipinski definition) is 1. The van der Waals surface area contributed by atoms with E-state index in [0.29, 0.717) is 28.0 Å². The highest BCUT2D eigenvalue weighted by Gasteiger charge is 2.10. The summed E-state index contributed by atoms with van der Waals surface area (Å²) in [4.78, 5) is 11.9. The standard InChI is InChI=1S/C15H12BrClFNO/c16-14-9-12(18)4-5-13(14)15(20)19-7-6-10-2-1-3-11(17)8-10/h1-5,8-9H,6-7H2,(H,19,20). The van der Waals surface area contributed by atoms with Crippen molar-refractivity contribution in [1.29, 1.82) is 0 Å². The maximum atomic E-state index is 12.9. The number of nitrogens with one attached hydrogen (secondary N) is 1. The molecule has 2 rings (SSSR count). The number of carbonyl (C=O) groups excluding carboxylic acids is 1. The van der Waals surface area contributed by atoms with Gasteiger partial charge >= 0.3 is 0 Å². The lowest BCUT2D eigenvalue weighted by molar-refractivity contribution is 0.0953. The van der Waals surface area contributed by atoms with Gasteiger partial charge in [0.05, 0.1) is 5.56 Å². The number of carbonyl (C=O) groups is 1. The van der Waals surface area contributed by atoms with E-state index in [0.717, 1.165) is 5.56 Å². The van der Waals surface area contributed by atoms with Gasteiger partial charge in [0.15, 0.2) is 0 Å². The van der Waals surface area contributed by atoms with Gasteiger partial charge in [-0.15, -0.1) is 0 Å². The van der Waals surface area contributed by atoms with Crippen LogP contribution >= 0.6 is 27.5 Å². The Balaban J connectivity index is 1.92. The van der Waals surface area contributed by atoms with Crippen molar-refractivity contribution in [3.63, 3.8) is 0 Å². The highest BCUT2D eigenvalue weighted by atomic mass is 79.9. The largest absolute Gasteiger partial charge is 0.352 e. The van der Waals surface area contributed by atoms with Gasteiger partial charge in [0, 0.05) is 16.0 Å². The summed E-state index contributed by atoms with van der Waals surface area (Å²) in [5.41, 5.74) is 1.47. The SMILES string of the molecule is O=C(NCCc1cccc(Cl)c1)c1ccc(F)cc1Br. The minimum Gasteiger partial charge on any atom is -0.352 e. The van der Waals surface area contributed by atoms with Crippen molar-refractivity contribution < 1.29 is 9.18 Å². The van der Waals surface area contributed by atoms with E-state index in [1.807, 2.05) is 18.2 Å². The minimum atomic E-state index is -0.382. The molecule has 2 aromatic rings. The Hall–Kier alpha value is -1.39. The van der Waals surface area contributed by atoms with Crippen LogP contribution in [-0.2, 0) is 6.42 Å². The first-order valence-corrected chi connectivity index (χ1v) is 7.21. The maximum absolute atomic E-state index is 12.9. The van der Waals surface area contributed by atoms with Crippen molar-refractivity contribution in [3.05, 3.63) is 68.9 Å². The third-order valence-electron chi connectivity index (χ3n) is 2.76. The average Bonchev–Trinajstić information content (AvgIpc) is 2.38. The predicted octanol–water partition coefficient (Wildman–Crippen LogP) is 4.21. The van der Waals surface area contributed by atoms with E-state index in [1.165, 1.54) is 18.2 Å². The molecule has 2 aromatic carbocycles. The number of benzene rings is 2. The quantitative estimate of drug-likeness (QED) is 0.873. The van der Waals surface area contributed by atoms with E-state index in [9.17, 15) is 9.18 Å². The molecule has 20 heavy (non-hydrogen) atoms. The van der Waals surface area contributed by atoms with Gasteiger partial charge < -0.3 is 5.32 Å². The molecule has 0 radical (unpaired) electrons. The van der Waals surface area contributed by atoms with Crippen LogP contribution in [0.4, 0.5) is 4.39 Å². The van der Waals surface area contributed by atoms with Gasteiger partial charge in [0.1, 0.15) is 5.82 Å². The molecule has 104 valence electrons. The van der Waals surface area contributed by atoms with Crippen LogP contribution in [0, 0.1) is 5.82 Å². The van der Waals surface area contributed by atoms with Gasteiger partial charge in [-0.05, 0) is 58.2 Å². The van der Waals surface area contributed by atoms with Crippen LogP contribution in [0.25, 0.3) is 0 Å². The molecule has 0 saturated carbocycles. The zero-order chi connectivity index (χ0) is 14.5. The summed E-state index contributed by atoms with van der Waals surface area (Å²) in [6.07, 6.45) is 0.686. The highest BCUT2D eigenvalue weighted by molar-refractivity contribution is 9.10. The second kappa shape index (κ2) is 6.86. The Kier molecular flexibility index (Phi) is 5.15. The molecule has 0 saturated heterocycles. The minimum absolute atomic E-state index is 0.237. The maximum Gasteiger partial charge on any atom is 0.252 e. The molecule has 0 aliphatic carbocycles. The first-order chi connectivity index (χ1) is 9.56. The van der Waals surface area contributed by atoms with Crippen molar-refractivity contribution in [1.82, 2.24) is 5.32 Å². The van der Waals surface area contributed by atoms with Crippen LogP contribution in [0.1, 0.15) is 15.9 Å². The number of amides is 1. The Morgan fingerprint density at radius 2 is 2.05 bits per heavy atom.